The van der Waals surface area contributed by atoms with Crippen molar-refractivity contribution in [3.05, 3.63) is 84.9 Å². The molecule has 0 spiro atoms. The molecule has 0 bridgehead atoms. The summed E-state index contributed by atoms with van der Waals surface area (Å²) < 4.78 is 28.6. The second-order valence-corrected chi connectivity index (χ2v) is 8.19. The number of primary sulfonamides is 1. The van der Waals surface area contributed by atoms with Crippen molar-refractivity contribution in [3.8, 4) is 16.9 Å². The molecule has 0 unspecified atom stereocenters. The summed E-state index contributed by atoms with van der Waals surface area (Å²) in [5.41, 5.74) is 2.13. The van der Waals surface area contributed by atoms with E-state index >= 15 is 0 Å². The normalized spacial score (nSPS) is 11.2. The molecule has 0 fully saturated rings. The van der Waals surface area contributed by atoms with Gasteiger partial charge in [-0.1, -0.05) is 30.3 Å². The van der Waals surface area contributed by atoms with Crippen LogP contribution in [0.3, 0.4) is 0 Å². The lowest BCUT2D eigenvalue weighted by atomic mass is 10.1. The van der Waals surface area contributed by atoms with Gasteiger partial charge >= 0.3 is 0 Å². The minimum absolute atomic E-state index is 0.0163. The molecular formula is C23H21N3O5S. The van der Waals surface area contributed by atoms with E-state index in [1.807, 2.05) is 0 Å². The fraction of sp³-hybridized carbons (Fsp3) is 0.0435. The first-order valence-electron chi connectivity index (χ1n) is 9.42. The highest BCUT2D eigenvalue weighted by Gasteiger charge is 2.14. The van der Waals surface area contributed by atoms with Gasteiger partial charge in [0.15, 0.2) is 0 Å². The van der Waals surface area contributed by atoms with Crippen LogP contribution in [0.5, 0.6) is 5.75 Å². The molecule has 9 heteroatoms. The van der Waals surface area contributed by atoms with Gasteiger partial charge in [-0.25, -0.2) is 13.6 Å². The van der Waals surface area contributed by atoms with Gasteiger partial charge in [-0.3, -0.25) is 9.59 Å². The Balaban J connectivity index is 1.62. The number of anilines is 2. The Morgan fingerprint density at radius 1 is 0.812 bits per heavy atom. The standard InChI is InChI=1S/C23H21N3O5S/c1-31-19-12-10-18(11-13-19)26-23(28)15-14-22(27)25-17-8-6-16(7-9-17)20-4-2-3-5-21(20)32(24,29)30/h2-15H,1H3,(H,25,27)(H,26,28)(H2,24,29,30). The van der Waals surface area contributed by atoms with E-state index in [9.17, 15) is 18.0 Å². The predicted octanol–water partition coefficient (Wildman–Crippen LogP) is 3.14. The Morgan fingerprint density at radius 2 is 1.31 bits per heavy atom. The largest absolute Gasteiger partial charge is 0.497 e. The van der Waals surface area contributed by atoms with Crippen molar-refractivity contribution in [3.63, 3.8) is 0 Å². The van der Waals surface area contributed by atoms with Crippen molar-refractivity contribution in [2.45, 2.75) is 4.90 Å². The van der Waals surface area contributed by atoms with Crippen molar-refractivity contribution in [2.75, 3.05) is 17.7 Å². The van der Waals surface area contributed by atoms with Crippen LogP contribution < -0.4 is 20.5 Å². The number of amides is 2. The molecule has 4 N–H and O–H groups in total. The third-order valence-corrected chi connectivity index (χ3v) is 5.37. The van der Waals surface area contributed by atoms with Crippen LogP contribution in [-0.2, 0) is 19.6 Å². The van der Waals surface area contributed by atoms with Crippen LogP contribution in [0.4, 0.5) is 11.4 Å². The Morgan fingerprint density at radius 3 is 1.81 bits per heavy atom. The Bertz CT molecular complexity index is 1250. The number of nitrogens with one attached hydrogen (secondary N) is 2. The maximum atomic E-state index is 12.1. The molecule has 0 saturated heterocycles. The van der Waals surface area contributed by atoms with Crippen LogP contribution in [0.15, 0.2) is 89.8 Å². The quantitative estimate of drug-likeness (QED) is 0.476. The van der Waals surface area contributed by atoms with Crippen LogP contribution in [0.2, 0.25) is 0 Å². The maximum Gasteiger partial charge on any atom is 0.248 e. The second-order valence-electron chi connectivity index (χ2n) is 6.66. The number of nitrogens with two attached hydrogens (primary N) is 1. The van der Waals surface area contributed by atoms with Crippen molar-refractivity contribution in [2.24, 2.45) is 5.14 Å². The number of carbonyl (C=O) groups is 2. The van der Waals surface area contributed by atoms with E-state index < -0.39 is 21.8 Å². The lowest BCUT2D eigenvalue weighted by Crippen LogP contribution is -2.13. The number of carbonyl (C=O) groups excluding carboxylic acids is 2. The molecule has 3 rings (SSSR count). The molecule has 0 saturated carbocycles. The Kier molecular flexibility index (Phi) is 7.04. The topological polar surface area (TPSA) is 128 Å². The molecule has 0 aliphatic heterocycles. The smallest absolute Gasteiger partial charge is 0.248 e. The van der Waals surface area contributed by atoms with Gasteiger partial charge < -0.3 is 15.4 Å². The second kappa shape index (κ2) is 9.90. The predicted molar refractivity (Wildman–Crippen MR) is 123 cm³/mol. The molecule has 0 radical (unpaired) electrons. The number of ether oxygens (including phenoxy) is 1. The Labute approximate surface area is 185 Å². The summed E-state index contributed by atoms with van der Waals surface area (Å²) in [5.74, 6) is -0.287. The van der Waals surface area contributed by atoms with Gasteiger partial charge in [0.05, 0.1) is 12.0 Å². The number of methoxy groups -OCH3 is 1. The van der Waals surface area contributed by atoms with E-state index in [1.54, 1.807) is 73.8 Å². The van der Waals surface area contributed by atoms with Crippen molar-refractivity contribution in [1.29, 1.82) is 0 Å². The number of hydrogen-bond acceptors (Lipinski definition) is 5. The molecule has 2 amide bonds. The van der Waals surface area contributed by atoms with E-state index in [2.05, 4.69) is 10.6 Å². The lowest BCUT2D eigenvalue weighted by Gasteiger charge is -2.09. The highest BCUT2D eigenvalue weighted by Crippen LogP contribution is 2.27. The molecule has 0 heterocycles. The molecule has 0 aliphatic rings. The molecule has 0 atom stereocenters. The first kappa shape index (κ1) is 22.7. The summed E-state index contributed by atoms with van der Waals surface area (Å²) in [6, 6.07) is 19.7. The van der Waals surface area contributed by atoms with E-state index in [4.69, 9.17) is 9.88 Å². The monoisotopic (exact) mass is 451 g/mol. The Hall–Kier alpha value is -3.95. The molecule has 8 nitrogen and oxygen atoms in total. The highest BCUT2D eigenvalue weighted by molar-refractivity contribution is 7.89. The lowest BCUT2D eigenvalue weighted by molar-refractivity contribution is -0.114. The molecule has 0 aliphatic carbocycles. The van der Waals surface area contributed by atoms with Crippen molar-refractivity contribution < 1.29 is 22.7 Å². The SMILES string of the molecule is COc1ccc(NC(=O)C=CC(=O)Nc2ccc(-c3ccccc3S(N)(=O)=O)cc2)cc1. The summed E-state index contributed by atoms with van der Waals surface area (Å²) in [6.45, 7) is 0. The van der Waals surface area contributed by atoms with Gasteiger partial charge in [-0.2, -0.15) is 0 Å². The molecule has 32 heavy (non-hydrogen) atoms. The average molecular weight is 452 g/mol. The van der Waals surface area contributed by atoms with Crippen LogP contribution in [-0.4, -0.2) is 27.3 Å². The molecule has 164 valence electrons. The molecular weight excluding hydrogens is 430 g/mol. The summed E-state index contributed by atoms with van der Waals surface area (Å²) >= 11 is 0. The number of rotatable bonds is 7. The van der Waals surface area contributed by atoms with E-state index in [0.29, 0.717) is 28.3 Å². The van der Waals surface area contributed by atoms with Gasteiger partial charge in [0.2, 0.25) is 21.8 Å². The van der Waals surface area contributed by atoms with Crippen LogP contribution >= 0.6 is 0 Å². The zero-order chi connectivity index (χ0) is 23.1. The fourth-order valence-corrected chi connectivity index (χ4v) is 3.64. The van der Waals surface area contributed by atoms with Crippen molar-refractivity contribution >= 4 is 33.2 Å². The summed E-state index contributed by atoms with van der Waals surface area (Å²) in [6.07, 6.45) is 2.24. The van der Waals surface area contributed by atoms with Crippen molar-refractivity contribution in [1.82, 2.24) is 0 Å². The third-order valence-electron chi connectivity index (χ3n) is 4.40. The number of hydrogen-bond donors (Lipinski definition) is 3. The van der Waals surface area contributed by atoms with Gasteiger partial charge in [0.25, 0.3) is 0 Å². The molecule has 3 aromatic carbocycles. The third kappa shape index (κ3) is 6.03. The van der Waals surface area contributed by atoms with Crippen LogP contribution in [0, 0.1) is 0 Å². The number of benzene rings is 3. The minimum Gasteiger partial charge on any atom is -0.497 e. The summed E-state index contributed by atoms with van der Waals surface area (Å²) in [7, 11) is -2.33. The van der Waals surface area contributed by atoms with Gasteiger partial charge in [0.1, 0.15) is 5.75 Å². The summed E-state index contributed by atoms with van der Waals surface area (Å²) in [4.78, 5) is 24.1. The first-order chi connectivity index (χ1) is 15.3. The number of sulfonamides is 1. The first-order valence-corrected chi connectivity index (χ1v) is 11.0. The highest BCUT2D eigenvalue weighted by atomic mass is 32.2. The minimum atomic E-state index is -3.88. The van der Waals surface area contributed by atoms with Gasteiger partial charge in [0, 0.05) is 29.1 Å². The summed E-state index contributed by atoms with van der Waals surface area (Å²) in [5, 5.41) is 10.5. The fourth-order valence-electron chi connectivity index (χ4n) is 2.88. The van der Waals surface area contributed by atoms with E-state index in [1.165, 1.54) is 6.07 Å². The maximum absolute atomic E-state index is 12.1. The van der Waals surface area contributed by atoms with E-state index in [0.717, 1.165) is 12.2 Å². The van der Waals surface area contributed by atoms with E-state index in [-0.39, 0.29) is 4.90 Å². The molecule has 3 aromatic rings. The zero-order valence-electron chi connectivity index (χ0n) is 17.1. The van der Waals surface area contributed by atoms with Crippen LogP contribution in [0.25, 0.3) is 11.1 Å². The average Bonchev–Trinajstić information content (AvgIpc) is 2.78. The van der Waals surface area contributed by atoms with Gasteiger partial charge in [-0.05, 0) is 48.0 Å². The van der Waals surface area contributed by atoms with Crippen LogP contribution in [0.1, 0.15) is 0 Å². The zero-order valence-corrected chi connectivity index (χ0v) is 17.9. The van der Waals surface area contributed by atoms with Gasteiger partial charge in [-0.15, -0.1) is 0 Å². The molecule has 0 aromatic heterocycles.